The van der Waals surface area contributed by atoms with E-state index < -0.39 is 96.6 Å². The summed E-state index contributed by atoms with van der Waals surface area (Å²) in [5.74, 6) is -7.27. The fourth-order valence-electron chi connectivity index (χ4n) is 3.08. The van der Waals surface area contributed by atoms with Crippen molar-refractivity contribution in [1.29, 1.82) is 0 Å². The molecular weight excluding hydrogens is 523 g/mol. The number of hydrogen-bond donors (Lipinski definition) is 3. The third kappa shape index (κ3) is 4.17. The van der Waals surface area contributed by atoms with Gasteiger partial charge in [-0.15, -0.1) is 0 Å². The van der Waals surface area contributed by atoms with Gasteiger partial charge in [-0.3, -0.25) is 38.9 Å². The third-order valence-electron chi connectivity index (χ3n) is 4.33. The van der Waals surface area contributed by atoms with Crippen molar-refractivity contribution in [3.05, 3.63) is 54.6 Å². The molecule has 0 saturated carbocycles. The van der Waals surface area contributed by atoms with Crippen LogP contribution in [0.4, 0.5) is 11.4 Å². The van der Waals surface area contributed by atoms with E-state index in [2.05, 4.69) is 0 Å². The zero-order valence-corrected chi connectivity index (χ0v) is 20.5. The Kier molecular flexibility index (Phi) is 6.88. The number of fused-ring (bicyclic) bond motifs is 2. The first-order chi connectivity index (χ1) is 14.5. The Balaban J connectivity index is 0.00000385. The minimum absolute atomic E-state index is 0. The number of nitro benzene ring substituents is 2. The second-order valence-corrected chi connectivity index (χ2v) is 8.87. The summed E-state index contributed by atoms with van der Waals surface area (Å²) in [5, 5.41) is 45.4. The first-order valence-electron chi connectivity index (χ1n) is 7.61. The van der Waals surface area contributed by atoms with Gasteiger partial charge in [0.1, 0.15) is 21.8 Å². The van der Waals surface area contributed by atoms with Gasteiger partial charge in [-0.2, -0.15) is 16.8 Å². The van der Waals surface area contributed by atoms with Gasteiger partial charge >= 0.3 is 51.4 Å². The Bertz CT molecular complexity index is 1410. The molecule has 0 radical (unpaired) electrons. The van der Waals surface area contributed by atoms with Crippen LogP contribution in [0.25, 0.3) is 0 Å². The monoisotopic (exact) mass is 528 g/mol. The van der Waals surface area contributed by atoms with Crippen molar-refractivity contribution in [1.82, 2.24) is 0 Å². The SMILES string of the molecule is O=C1c2c([N+](=O)[O-])cc(S(=O)(=O)O)c(O)c2C(=O)c2c([N+](=O)[O-])cc(S(=O)(=O)O)c([O-])c21.[K+]. The molecule has 16 nitrogen and oxygen atoms in total. The van der Waals surface area contributed by atoms with Crippen LogP contribution >= 0.6 is 0 Å². The molecule has 0 unspecified atom stereocenters. The van der Waals surface area contributed by atoms with Gasteiger partial charge in [0.2, 0.25) is 11.6 Å². The molecule has 0 saturated heterocycles. The summed E-state index contributed by atoms with van der Waals surface area (Å²) in [6.45, 7) is 0. The second kappa shape index (κ2) is 8.45. The molecule has 0 heterocycles. The van der Waals surface area contributed by atoms with E-state index in [0.29, 0.717) is 0 Å². The number of aromatic hydroxyl groups is 1. The smallest absolute Gasteiger partial charge is 0.871 e. The van der Waals surface area contributed by atoms with E-state index in [0.717, 1.165) is 0 Å². The number of ketones is 2. The molecule has 2 aromatic rings. The fraction of sp³-hybridized carbons (Fsp3) is 0. The van der Waals surface area contributed by atoms with E-state index in [1.807, 2.05) is 0 Å². The predicted octanol–water partition coefficient (Wildman–Crippen LogP) is -3.44. The van der Waals surface area contributed by atoms with Crippen molar-refractivity contribution < 1.29 is 107 Å². The molecular formula is C14H5KN2O14S2. The van der Waals surface area contributed by atoms with Crippen LogP contribution in [0.3, 0.4) is 0 Å². The zero-order valence-electron chi connectivity index (χ0n) is 15.7. The molecule has 0 atom stereocenters. The maximum absolute atomic E-state index is 12.9. The number of hydrogen-bond acceptors (Lipinski definition) is 12. The van der Waals surface area contributed by atoms with Gasteiger partial charge in [-0.05, 0) is 0 Å². The molecule has 3 rings (SSSR count). The molecule has 0 bridgehead atoms. The molecule has 33 heavy (non-hydrogen) atoms. The Hall–Kier alpha value is -2.36. The van der Waals surface area contributed by atoms with Crippen LogP contribution in [0.5, 0.6) is 11.5 Å². The van der Waals surface area contributed by atoms with Gasteiger partial charge in [-0.25, -0.2) is 0 Å². The Morgan fingerprint density at radius 1 is 0.727 bits per heavy atom. The molecule has 0 aromatic heterocycles. The summed E-state index contributed by atoms with van der Waals surface area (Å²) in [6, 6.07) is -0.0596. The molecule has 19 heteroatoms. The first-order valence-corrected chi connectivity index (χ1v) is 10.5. The minimum Gasteiger partial charge on any atom is -0.871 e. The summed E-state index contributed by atoms with van der Waals surface area (Å²) >= 11 is 0. The average molecular weight is 528 g/mol. The van der Waals surface area contributed by atoms with Crippen molar-refractivity contribution in [2.45, 2.75) is 9.79 Å². The van der Waals surface area contributed by atoms with E-state index in [4.69, 9.17) is 4.55 Å². The Labute approximate surface area is 224 Å². The number of nitro groups is 2. The largest absolute Gasteiger partial charge is 1.00 e. The van der Waals surface area contributed by atoms with Gasteiger partial charge in [0.15, 0.2) is 0 Å². The van der Waals surface area contributed by atoms with Crippen LogP contribution in [0.15, 0.2) is 21.9 Å². The molecule has 0 amide bonds. The van der Waals surface area contributed by atoms with Crippen molar-refractivity contribution in [3.63, 3.8) is 0 Å². The standard InChI is InChI=1S/C14H6N2O14S2.K/c17-11-5(31(25,26)27)1-3(15(21)22)7-9(11)14(20)8-4(16(23)24)2-6(32(28,29)30)12(18)10(8)13(7)19;/h1-2,17-18H,(H,25,26,27)(H,28,29,30);/q;+1/p-1. The van der Waals surface area contributed by atoms with Crippen LogP contribution in [0, 0.1) is 20.2 Å². The van der Waals surface area contributed by atoms with E-state index in [1.165, 1.54) is 0 Å². The Morgan fingerprint density at radius 3 is 1.48 bits per heavy atom. The maximum atomic E-state index is 12.9. The van der Waals surface area contributed by atoms with E-state index in [-0.39, 0.29) is 63.5 Å². The van der Waals surface area contributed by atoms with Crippen LogP contribution in [0.2, 0.25) is 0 Å². The topological polar surface area (TPSA) is 272 Å². The molecule has 3 N–H and O–H groups in total. The van der Waals surface area contributed by atoms with Crippen LogP contribution < -0.4 is 56.5 Å². The summed E-state index contributed by atoms with van der Waals surface area (Å²) in [4.78, 5) is 42.4. The molecule has 0 spiro atoms. The molecule has 168 valence electrons. The van der Waals surface area contributed by atoms with Gasteiger partial charge in [0.25, 0.3) is 31.6 Å². The van der Waals surface area contributed by atoms with Crippen molar-refractivity contribution in [3.8, 4) is 11.5 Å². The molecule has 1 aliphatic rings. The fourth-order valence-corrected chi connectivity index (χ4v) is 4.29. The second-order valence-electron chi connectivity index (χ2n) is 6.09. The van der Waals surface area contributed by atoms with Crippen molar-refractivity contribution >= 4 is 43.2 Å². The van der Waals surface area contributed by atoms with E-state index in [9.17, 15) is 61.4 Å². The van der Waals surface area contributed by atoms with Crippen LogP contribution in [-0.2, 0) is 20.2 Å². The quantitative estimate of drug-likeness (QED) is 0.129. The zero-order chi connectivity index (χ0) is 24.5. The summed E-state index contributed by atoms with van der Waals surface area (Å²) < 4.78 is 64.1. The number of nitrogens with zero attached hydrogens (tertiary/aromatic N) is 2. The summed E-state index contributed by atoms with van der Waals surface area (Å²) in [6.07, 6.45) is 0. The minimum atomic E-state index is -5.48. The van der Waals surface area contributed by atoms with Crippen LogP contribution in [-0.4, -0.2) is 52.5 Å². The number of benzene rings is 2. The van der Waals surface area contributed by atoms with E-state index in [1.54, 1.807) is 0 Å². The molecule has 0 fully saturated rings. The maximum Gasteiger partial charge on any atom is 1.00 e. The molecule has 1 aliphatic carbocycles. The number of carbonyl (C=O) groups is 2. The van der Waals surface area contributed by atoms with Gasteiger partial charge in [0, 0.05) is 17.7 Å². The van der Waals surface area contributed by atoms with E-state index >= 15 is 0 Å². The number of phenolic OH excluding ortho intramolecular Hbond substituents is 1. The van der Waals surface area contributed by atoms with Crippen molar-refractivity contribution in [2.24, 2.45) is 0 Å². The molecule has 0 aliphatic heterocycles. The van der Waals surface area contributed by atoms with Crippen LogP contribution in [0.1, 0.15) is 31.8 Å². The third-order valence-corrected chi connectivity index (χ3v) is 6.05. The molecule has 2 aromatic carbocycles. The average Bonchev–Trinajstić information content (AvgIpc) is 2.62. The number of phenols is 1. The van der Waals surface area contributed by atoms with Gasteiger partial charge in [0.05, 0.1) is 20.3 Å². The van der Waals surface area contributed by atoms with Gasteiger partial charge in [-0.1, -0.05) is 5.75 Å². The summed E-state index contributed by atoms with van der Waals surface area (Å²) in [5.41, 5.74) is -8.82. The number of rotatable bonds is 4. The number of carbonyl (C=O) groups excluding carboxylic acids is 2. The first kappa shape index (κ1) is 26.9. The normalized spacial score (nSPS) is 13.0. The van der Waals surface area contributed by atoms with Crippen molar-refractivity contribution in [2.75, 3.05) is 0 Å². The summed E-state index contributed by atoms with van der Waals surface area (Å²) in [7, 11) is -10.9. The predicted molar refractivity (Wildman–Crippen MR) is 93.8 cm³/mol. The Morgan fingerprint density at radius 2 is 1.09 bits per heavy atom. The van der Waals surface area contributed by atoms with Gasteiger partial charge < -0.3 is 10.2 Å².